The first-order chi connectivity index (χ1) is 11.7. The molecule has 1 amide bonds. The molecule has 140 valence electrons. The first-order valence-corrected chi connectivity index (χ1v) is 8.21. The molecule has 1 unspecified atom stereocenters. The molecule has 2 rings (SSSR count). The number of rotatable bonds is 8. The highest BCUT2D eigenvalue weighted by molar-refractivity contribution is 14.0. The fourth-order valence-electron chi connectivity index (χ4n) is 2.41. The molecule has 0 saturated carbocycles. The standard InChI is InChI=1S/C17H26N4O3.HI/c1-19-17(20-7-3-8-24-15-6-9-23-12-15)21-11-13-4-2-5-14(10-13)16(18)22;/h2,4-5,10,15H,3,6-9,11-12H2,1H3,(H2,18,22)(H2,19,20,21);1H. The molecule has 1 aliphatic heterocycles. The SMILES string of the molecule is CN=C(NCCCOC1CCOC1)NCc1cccc(C(N)=O)c1.I. The molecule has 0 radical (unpaired) electrons. The molecule has 0 aliphatic carbocycles. The maximum Gasteiger partial charge on any atom is 0.248 e. The Morgan fingerprint density at radius 2 is 2.28 bits per heavy atom. The zero-order valence-corrected chi connectivity index (χ0v) is 16.8. The summed E-state index contributed by atoms with van der Waals surface area (Å²) >= 11 is 0. The summed E-state index contributed by atoms with van der Waals surface area (Å²) in [7, 11) is 1.72. The van der Waals surface area contributed by atoms with Gasteiger partial charge in [0.2, 0.25) is 5.91 Å². The van der Waals surface area contributed by atoms with Crippen molar-refractivity contribution >= 4 is 35.8 Å². The van der Waals surface area contributed by atoms with Crippen LogP contribution in [0.15, 0.2) is 29.3 Å². The molecule has 1 fully saturated rings. The maximum absolute atomic E-state index is 11.2. The van der Waals surface area contributed by atoms with Gasteiger partial charge >= 0.3 is 0 Å². The minimum atomic E-state index is -0.424. The molecule has 25 heavy (non-hydrogen) atoms. The minimum absolute atomic E-state index is 0. The molecule has 0 aromatic heterocycles. The third-order valence-electron chi connectivity index (χ3n) is 3.75. The van der Waals surface area contributed by atoms with Crippen LogP contribution in [0.25, 0.3) is 0 Å². The molecule has 1 aromatic rings. The van der Waals surface area contributed by atoms with Gasteiger partial charge in [0.1, 0.15) is 0 Å². The average molecular weight is 462 g/mol. The van der Waals surface area contributed by atoms with Gasteiger partial charge in [-0.2, -0.15) is 0 Å². The number of hydrogen-bond acceptors (Lipinski definition) is 4. The number of benzene rings is 1. The molecular formula is C17H27IN4O3. The lowest BCUT2D eigenvalue weighted by Crippen LogP contribution is -2.37. The van der Waals surface area contributed by atoms with Crippen molar-refractivity contribution in [3.8, 4) is 0 Å². The lowest BCUT2D eigenvalue weighted by molar-refractivity contribution is 0.0420. The Morgan fingerprint density at radius 3 is 2.96 bits per heavy atom. The number of hydrogen-bond donors (Lipinski definition) is 3. The molecule has 1 atom stereocenters. The third-order valence-corrected chi connectivity index (χ3v) is 3.75. The summed E-state index contributed by atoms with van der Waals surface area (Å²) < 4.78 is 11.0. The van der Waals surface area contributed by atoms with E-state index in [1.54, 1.807) is 19.2 Å². The van der Waals surface area contributed by atoms with Crippen LogP contribution in [-0.4, -0.2) is 51.4 Å². The Balaban J connectivity index is 0.00000312. The highest BCUT2D eigenvalue weighted by Gasteiger charge is 2.15. The first kappa shape index (κ1) is 21.7. The number of guanidine groups is 1. The van der Waals surface area contributed by atoms with Gasteiger partial charge in [0, 0.05) is 38.9 Å². The number of amides is 1. The highest BCUT2D eigenvalue weighted by atomic mass is 127. The van der Waals surface area contributed by atoms with Crippen LogP contribution in [0, 0.1) is 0 Å². The van der Waals surface area contributed by atoms with Crippen molar-refractivity contribution in [2.75, 3.05) is 33.4 Å². The Labute approximate surface area is 165 Å². The van der Waals surface area contributed by atoms with E-state index in [9.17, 15) is 4.79 Å². The van der Waals surface area contributed by atoms with Gasteiger partial charge in [-0.25, -0.2) is 0 Å². The quantitative estimate of drug-likeness (QED) is 0.234. The summed E-state index contributed by atoms with van der Waals surface area (Å²) in [6.07, 6.45) is 2.13. The van der Waals surface area contributed by atoms with Crippen molar-refractivity contribution in [2.24, 2.45) is 10.7 Å². The maximum atomic E-state index is 11.2. The largest absolute Gasteiger partial charge is 0.379 e. The summed E-state index contributed by atoms with van der Waals surface area (Å²) in [4.78, 5) is 15.4. The highest BCUT2D eigenvalue weighted by Crippen LogP contribution is 2.08. The lowest BCUT2D eigenvalue weighted by atomic mass is 10.1. The van der Waals surface area contributed by atoms with Gasteiger partial charge < -0.3 is 25.8 Å². The number of carbonyl (C=O) groups excluding carboxylic acids is 1. The zero-order chi connectivity index (χ0) is 17.2. The van der Waals surface area contributed by atoms with Crippen LogP contribution < -0.4 is 16.4 Å². The molecule has 1 saturated heterocycles. The van der Waals surface area contributed by atoms with E-state index >= 15 is 0 Å². The molecule has 1 aliphatic rings. The number of primary amides is 1. The van der Waals surface area contributed by atoms with E-state index in [4.69, 9.17) is 15.2 Å². The fourth-order valence-corrected chi connectivity index (χ4v) is 2.41. The number of aliphatic imine (C=N–C) groups is 1. The van der Waals surface area contributed by atoms with E-state index in [1.807, 2.05) is 12.1 Å². The second-order valence-electron chi connectivity index (χ2n) is 5.63. The summed E-state index contributed by atoms with van der Waals surface area (Å²) in [5, 5.41) is 6.45. The van der Waals surface area contributed by atoms with Crippen LogP contribution in [0.4, 0.5) is 0 Å². The minimum Gasteiger partial charge on any atom is -0.379 e. The predicted octanol–water partition coefficient (Wildman–Crippen LogP) is 1.26. The summed E-state index contributed by atoms with van der Waals surface area (Å²) in [6.45, 7) is 3.56. The van der Waals surface area contributed by atoms with Gasteiger partial charge in [-0.05, 0) is 30.5 Å². The zero-order valence-electron chi connectivity index (χ0n) is 14.5. The van der Waals surface area contributed by atoms with Crippen LogP contribution in [-0.2, 0) is 16.0 Å². The molecule has 7 nitrogen and oxygen atoms in total. The van der Waals surface area contributed by atoms with E-state index < -0.39 is 5.91 Å². The summed E-state index contributed by atoms with van der Waals surface area (Å²) in [5.74, 6) is 0.288. The van der Waals surface area contributed by atoms with Crippen LogP contribution in [0.3, 0.4) is 0 Å². The molecule has 4 N–H and O–H groups in total. The normalized spacial score (nSPS) is 17.0. The fraction of sp³-hybridized carbons (Fsp3) is 0.529. The monoisotopic (exact) mass is 462 g/mol. The van der Waals surface area contributed by atoms with Crippen molar-refractivity contribution in [2.45, 2.75) is 25.5 Å². The van der Waals surface area contributed by atoms with E-state index in [0.717, 1.165) is 31.6 Å². The Kier molecular flexibility index (Phi) is 10.4. The number of halogens is 1. The Bertz CT molecular complexity index is 563. The van der Waals surface area contributed by atoms with E-state index in [2.05, 4.69) is 15.6 Å². The summed E-state index contributed by atoms with van der Waals surface area (Å²) in [5.41, 5.74) is 6.77. The molecule has 0 bridgehead atoms. The Morgan fingerprint density at radius 1 is 1.44 bits per heavy atom. The van der Waals surface area contributed by atoms with Crippen molar-refractivity contribution in [3.05, 3.63) is 35.4 Å². The van der Waals surface area contributed by atoms with Crippen LogP contribution in [0.5, 0.6) is 0 Å². The molecule has 1 heterocycles. The molecule has 1 aromatic carbocycles. The van der Waals surface area contributed by atoms with Crippen LogP contribution in [0.2, 0.25) is 0 Å². The average Bonchev–Trinajstić information content (AvgIpc) is 3.11. The number of carbonyl (C=O) groups is 1. The second kappa shape index (κ2) is 12.0. The second-order valence-corrected chi connectivity index (χ2v) is 5.63. The van der Waals surface area contributed by atoms with Crippen LogP contribution >= 0.6 is 24.0 Å². The van der Waals surface area contributed by atoms with Gasteiger partial charge in [-0.3, -0.25) is 9.79 Å². The molecule has 8 heteroatoms. The number of ether oxygens (including phenoxy) is 2. The topological polar surface area (TPSA) is 98.0 Å². The number of nitrogens with zero attached hydrogens (tertiary/aromatic N) is 1. The summed E-state index contributed by atoms with van der Waals surface area (Å²) in [6, 6.07) is 7.23. The van der Waals surface area contributed by atoms with Crippen molar-refractivity contribution in [1.82, 2.24) is 10.6 Å². The van der Waals surface area contributed by atoms with Gasteiger partial charge in [-0.1, -0.05) is 12.1 Å². The van der Waals surface area contributed by atoms with Crippen LogP contribution in [0.1, 0.15) is 28.8 Å². The van der Waals surface area contributed by atoms with E-state index in [-0.39, 0.29) is 30.1 Å². The third kappa shape index (κ3) is 8.02. The van der Waals surface area contributed by atoms with Gasteiger partial charge in [-0.15, -0.1) is 24.0 Å². The first-order valence-electron chi connectivity index (χ1n) is 8.21. The van der Waals surface area contributed by atoms with Crippen molar-refractivity contribution < 1.29 is 14.3 Å². The smallest absolute Gasteiger partial charge is 0.248 e. The molecule has 0 spiro atoms. The van der Waals surface area contributed by atoms with E-state index in [0.29, 0.717) is 31.3 Å². The van der Waals surface area contributed by atoms with E-state index in [1.165, 1.54) is 0 Å². The number of nitrogens with two attached hydrogens (primary N) is 1. The van der Waals surface area contributed by atoms with Gasteiger partial charge in [0.25, 0.3) is 0 Å². The Hall–Kier alpha value is -1.39. The molecular weight excluding hydrogens is 435 g/mol. The van der Waals surface area contributed by atoms with Gasteiger partial charge in [0.05, 0.1) is 12.7 Å². The predicted molar refractivity (Wildman–Crippen MR) is 108 cm³/mol. The number of nitrogens with one attached hydrogen (secondary N) is 2. The lowest BCUT2D eigenvalue weighted by Gasteiger charge is -2.13. The van der Waals surface area contributed by atoms with Crippen molar-refractivity contribution in [1.29, 1.82) is 0 Å². The van der Waals surface area contributed by atoms with Gasteiger partial charge in [0.15, 0.2) is 5.96 Å². The van der Waals surface area contributed by atoms with Crippen molar-refractivity contribution in [3.63, 3.8) is 0 Å².